The summed E-state index contributed by atoms with van der Waals surface area (Å²) in [6.45, 7) is 10.2. The van der Waals surface area contributed by atoms with Gasteiger partial charge >= 0.3 is 0 Å². The van der Waals surface area contributed by atoms with Gasteiger partial charge in [-0.15, -0.1) is 0 Å². The van der Waals surface area contributed by atoms with Gasteiger partial charge in [-0.25, -0.2) is 0 Å². The minimum atomic E-state index is -0.233. The summed E-state index contributed by atoms with van der Waals surface area (Å²) >= 11 is 0. The number of carbonyl (C=O) groups excluding carboxylic acids is 1. The van der Waals surface area contributed by atoms with Gasteiger partial charge in [0.2, 0.25) is 5.91 Å². The van der Waals surface area contributed by atoms with Crippen LogP contribution in [0, 0.1) is 23.2 Å². The van der Waals surface area contributed by atoms with Crippen molar-refractivity contribution in [1.82, 2.24) is 5.32 Å². The second kappa shape index (κ2) is 4.02. The maximum atomic E-state index is 12.2. The Morgan fingerprint density at radius 2 is 2.00 bits per heavy atom. The molecular formula is C13H23NO2. The average molecular weight is 225 g/mol. The average Bonchev–Trinajstić information content (AvgIpc) is 2.75. The SMILES string of the molecule is CC(C)C1NC(=O)C2(CCOC2)C1C(C)C. The lowest BCUT2D eigenvalue weighted by molar-refractivity contribution is -0.129. The molecule has 1 amide bonds. The van der Waals surface area contributed by atoms with Crippen LogP contribution in [0.1, 0.15) is 34.1 Å². The molecule has 0 aromatic rings. The molecule has 0 aromatic carbocycles. The van der Waals surface area contributed by atoms with Crippen molar-refractivity contribution in [2.75, 3.05) is 13.2 Å². The Hall–Kier alpha value is -0.570. The van der Waals surface area contributed by atoms with Gasteiger partial charge in [-0.2, -0.15) is 0 Å². The number of hydrogen-bond donors (Lipinski definition) is 1. The van der Waals surface area contributed by atoms with E-state index >= 15 is 0 Å². The monoisotopic (exact) mass is 225 g/mol. The van der Waals surface area contributed by atoms with Crippen LogP contribution in [0.25, 0.3) is 0 Å². The van der Waals surface area contributed by atoms with Crippen molar-refractivity contribution < 1.29 is 9.53 Å². The normalized spacial score (nSPS) is 39.0. The lowest BCUT2D eigenvalue weighted by atomic mass is 9.67. The van der Waals surface area contributed by atoms with Crippen LogP contribution in [0.15, 0.2) is 0 Å². The highest BCUT2D eigenvalue weighted by Gasteiger charge is 2.58. The van der Waals surface area contributed by atoms with Crippen LogP contribution in [-0.4, -0.2) is 25.2 Å². The third-order valence-electron chi connectivity index (χ3n) is 4.26. The molecule has 2 saturated heterocycles. The molecule has 0 bridgehead atoms. The Balaban J connectivity index is 2.32. The Labute approximate surface area is 97.9 Å². The molecule has 0 radical (unpaired) electrons. The standard InChI is InChI=1S/C13H23NO2/c1-8(2)10-11(9(3)4)14-12(15)13(10)5-6-16-7-13/h8-11H,5-7H2,1-4H3,(H,14,15). The topological polar surface area (TPSA) is 38.3 Å². The van der Waals surface area contributed by atoms with Gasteiger partial charge in [0.15, 0.2) is 0 Å². The first-order valence-corrected chi connectivity index (χ1v) is 6.38. The molecule has 2 aliphatic heterocycles. The molecule has 2 heterocycles. The molecule has 1 spiro atoms. The predicted molar refractivity (Wildman–Crippen MR) is 63.0 cm³/mol. The van der Waals surface area contributed by atoms with Gasteiger partial charge in [-0.1, -0.05) is 27.7 Å². The Morgan fingerprint density at radius 1 is 1.31 bits per heavy atom. The molecule has 0 aromatic heterocycles. The quantitative estimate of drug-likeness (QED) is 0.778. The lowest BCUT2D eigenvalue weighted by Crippen LogP contribution is -2.39. The fourth-order valence-corrected chi connectivity index (χ4v) is 3.54. The van der Waals surface area contributed by atoms with Gasteiger partial charge in [0.25, 0.3) is 0 Å². The molecule has 2 fully saturated rings. The van der Waals surface area contributed by atoms with E-state index in [1.807, 2.05) is 0 Å². The van der Waals surface area contributed by atoms with E-state index in [1.54, 1.807) is 0 Å². The van der Waals surface area contributed by atoms with Crippen LogP contribution >= 0.6 is 0 Å². The van der Waals surface area contributed by atoms with Crippen molar-refractivity contribution in [2.24, 2.45) is 23.2 Å². The second-order valence-corrected chi connectivity index (χ2v) is 5.97. The molecule has 3 heteroatoms. The van der Waals surface area contributed by atoms with E-state index in [2.05, 4.69) is 33.0 Å². The fraction of sp³-hybridized carbons (Fsp3) is 0.923. The van der Waals surface area contributed by atoms with Gasteiger partial charge in [0.1, 0.15) is 0 Å². The van der Waals surface area contributed by atoms with Crippen LogP contribution in [0.5, 0.6) is 0 Å². The summed E-state index contributed by atoms with van der Waals surface area (Å²) in [5.74, 6) is 1.66. The number of amides is 1. The van der Waals surface area contributed by atoms with Crippen molar-refractivity contribution in [1.29, 1.82) is 0 Å². The van der Waals surface area contributed by atoms with Crippen molar-refractivity contribution >= 4 is 5.91 Å². The van der Waals surface area contributed by atoms with Crippen LogP contribution in [0.3, 0.4) is 0 Å². The third-order valence-corrected chi connectivity index (χ3v) is 4.26. The highest BCUT2D eigenvalue weighted by Crippen LogP contribution is 2.48. The third kappa shape index (κ3) is 1.56. The van der Waals surface area contributed by atoms with Gasteiger partial charge in [0.05, 0.1) is 12.0 Å². The molecule has 92 valence electrons. The van der Waals surface area contributed by atoms with Crippen LogP contribution in [0.4, 0.5) is 0 Å². The molecule has 1 N–H and O–H groups in total. The van der Waals surface area contributed by atoms with Crippen molar-refractivity contribution in [3.8, 4) is 0 Å². The number of carbonyl (C=O) groups is 1. The van der Waals surface area contributed by atoms with Crippen LogP contribution in [0.2, 0.25) is 0 Å². The van der Waals surface area contributed by atoms with E-state index in [9.17, 15) is 4.79 Å². The Bertz CT molecular complexity index is 280. The molecular weight excluding hydrogens is 202 g/mol. The van der Waals surface area contributed by atoms with Gasteiger partial charge in [-0.3, -0.25) is 4.79 Å². The van der Waals surface area contributed by atoms with Gasteiger partial charge in [0, 0.05) is 12.6 Å². The summed E-state index contributed by atoms with van der Waals surface area (Å²) in [7, 11) is 0. The van der Waals surface area contributed by atoms with Crippen LogP contribution < -0.4 is 5.32 Å². The zero-order valence-corrected chi connectivity index (χ0v) is 10.7. The predicted octanol–water partition coefficient (Wildman–Crippen LogP) is 1.82. The van der Waals surface area contributed by atoms with Gasteiger partial charge in [-0.05, 0) is 24.2 Å². The summed E-state index contributed by atoms with van der Waals surface area (Å²) in [5, 5.41) is 3.20. The minimum absolute atomic E-state index is 0.224. The molecule has 0 saturated carbocycles. The number of rotatable bonds is 2. The second-order valence-electron chi connectivity index (χ2n) is 5.97. The summed E-state index contributed by atoms with van der Waals surface area (Å²) in [4.78, 5) is 12.2. The van der Waals surface area contributed by atoms with E-state index in [0.29, 0.717) is 30.4 Å². The van der Waals surface area contributed by atoms with E-state index in [4.69, 9.17) is 4.74 Å². The number of hydrogen-bond acceptors (Lipinski definition) is 2. The summed E-state index contributed by atoms with van der Waals surface area (Å²) < 4.78 is 5.50. The first-order valence-electron chi connectivity index (χ1n) is 6.38. The van der Waals surface area contributed by atoms with Crippen molar-refractivity contribution in [3.05, 3.63) is 0 Å². The maximum absolute atomic E-state index is 12.2. The minimum Gasteiger partial charge on any atom is -0.380 e. The summed E-state index contributed by atoms with van der Waals surface area (Å²) in [6, 6.07) is 0.314. The first-order chi connectivity index (χ1) is 7.49. The lowest BCUT2D eigenvalue weighted by Gasteiger charge is -2.34. The van der Waals surface area contributed by atoms with Crippen molar-refractivity contribution in [3.63, 3.8) is 0 Å². The largest absolute Gasteiger partial charge is 0.380 e. The molecule has 2 aliphatic rings. The van der Waals surface area contributed by atoms with Gasteiger partial charge < -0.3 is 10.1 Å². The molecule has 0 aliphatic carbocycles. The highest BCUT2D eigenvalue weighted by molar-refractivity contribution is 5.86. The smallest absolute Gasteiger partial charge is 0.229 e. The van der Waals surface area contributed by atoms with E-state index in [0.717, 1.165) is 13.0 Å². The zero-order chi connectivity index (χ0) is 11.9. The van der Waals surface area contributed by atoms with Crippen LogP contribution in [-0.2, 0) is 9.53 Å². The molecule has 2 rings (SSSR count). The fourth-order valence-electron chi connectivity index (χ4n) is 3.54. The highest BCUT2D eigenvalue weighted by atomic mass is 16.5. The summed E-state index contributed by atoms with van der Waals surface area (Å²) in [6.07, 6.45) is 0.894. The molecule has 16 heavy (non-hydrogen) atoms. The first kappa shape index (κ1) is 11.9. The Morgan fingerprint density at radius 3 is 2.44 bits per heavy atom. The number of ether oxygens (including phenoxy) is 1. The van der Waals surface area contributed by atoms with Crippen molar-refractivity contribution in [2.45, 2.75) is 40.2 Å². The molecule has 3 atom stereocenters. The van der Waals surface area contributed by atoms with E-state index in [1.165, 1.54) is 0 Å². The van der Waals surface area contributed by atoms with E-state index in [-0.39, 0.29) is 11.3 Å². The summed E-state index contributed by atoms with van der Waals surface area (Å²) in [5.41, 5.74) is -0.233. The van der Waals surface area contributed by atoms with E-state index < -0.39 is 0 Å². The zero-order valence-electron chi connectivity index (χ0n) is 10.7. The molecule has 3 nitrogen and oxygen atoms in total. The molecule has 3 unspecified atom stereocenters. The maximum Gasteiger partial charge on any atom is 0.229 e. The Kier molecular flexibility index (Phi) is 2.99. The number of nitrogens with one attached hydrogen (secondary N) is 1.